The van der Waals surface area contributed by atoms with Gasteiger partial charge in [-0.25, -0.2) is 4.39 Å². The number of hydrogen-bond acceptors (Lipinski definition) is 0. The summed E-state index contributed by atoms with van der Waals surface area (Å²) < 4.78 is 85.3. The molecule has 0 nitrogen and oxygen atoms in total. The van der Waals surface area contributed by atoms with Crippen LogP contribution in [0.3, 0.4) is 0 Å². The predicted octanol–water partition coefficient (Wildman–Crippen LogP) is 4.69. The second-order valence-corrected chi connectivity index (χ2v) is 8.62. The minimum atomic E-state index is -5.97. The Labute approximate surface area is 104 Å². The second kappa shape index (κ2) is 5.97. The van der Waals surface area contributed by atoms with Crippen LogP contribution in [0.1, 0.15) is 19.3 Å². The quantitative estimate of drug-likeness (QED) is 0.298. The van der Waals surface area contributed by atoms with Crippen molar-refractivity contribution in [3.63, 3.8) is 0 Å². The summed E-state index contributed by atoms with van der Waals surface area (Å²) in [6, 6.07) is 0.148. The van der Waals surface area contributed by atoms with Gasteiger partial charge in [0.05, 0.1) is 0 Å². The van der Waals surface area contributed by atoms with Crippen LogP contribution in [0.5, 0.6) is 0 Å². The average Bonchev–Trinajstić information content (AvgIpc) is 2.07. The van der Waals surface area contributed by atoms with Gasteiger partial charge in [0.2, 0.25) is 7.42 Å². The van der Waals surface area contributed by atoms with E-state index >= 15 is 0 Å². The smallest absolute Gasteiger partial charge is 0.224 e. The molecule has 0 saturated heterocycles. The van der Waals surface area contributed by atoms with E-state index in [-0.39, 0.29) is 12.5 Å². The monoisotopic (exact) mass is 324 g/mol. The summed E-state index contributed by atoms with van der Waals surface area (Å²) in [5.41, 5.74) is -5.16. The second-order valence-electron chi connectivity index (χ2n) is 3.43. The van der Waals surface area contributed by atoms with Crippen molar-refractivity contribution in [2.24, 2.45) is 0 Å². The first-order valence-corrected chi connectivity index (χ1v) is 8.83. The summed E-state index contributed by atoms with van der Waals surface area (Å²) in [6.07, 6.45) is -14.2. The van der Waals surface area contributed by atoms with Gasteiger partial charge >= 0.3 is 12.4 Å². The lowest BCUT2D eigenvalue weighted by Gasteiger charge is -2.29. The first-order valence-electron chi connectivity index (χ1n) is 4.52. The van der Waals surface area contributed by atoms with Gasteiger partial charge in [0.1, 0.15) is 0 Å². The molecule has 0 aromatic rings. The lowest BCUT2D eigenvalue weighted by atomic mass is 9.97. The minimum Gasteiger partial charge on any atom is -0.224 e. The van der Waals surface area contributed by atoms with E-state index in [1.54, 1.807) is 0 Å². The zero-order chi connectivity index (χ0) is 13.9. The van der Waals surface area contributed by atoms with Gasteiger partial charge in [-0.3, -0.25) is 0 Å². The molecule has 0 aliphatic heterocycles. The Morgan fingerprint density at radius 2 is 1.18 bits per heavy atom. The largest absolute Gasteiger partial charge is 0.431 e. The van der Waals surface area contributed by atoms with E-state index < -0.39 is 38.3 Å². The van der Waals surface area contributed by atoms with E-state index in [0.717, 1.165) is 0 Å². The van der Waals surface area contributed by atoms with E-state index in [9.17, 15) is 30.7 Å². The molecule has 0 heterocycles. The van der Waals surface area contributed by atoms with Gasteiger partial charge in [0.25, 0.3) is 5.67 Å². The number of halogens is 9. The molecule has 10 heteroatoms. The van der Waals surface area contributed by atoms with Gasteiger partial charge in [-0.2, -0.15) is 48.5 Å². The number of hydrogen-bond donors (Lipinski definition) is 0. The van der Waals surface area contributed by atoms with E-state index in [1.807, 2.05) is 0 Å². The average molecular weight is 325 g/mol. The van der Waals surface area contributed by atoms with Crippen molar-refractivity contribution in [3.05, 3.63) is 0 Å². The van der Waals surface area contributed by atoms with Gasteiger partial charge in [-0.15, -0.1) is 0 Å². The highest BCUT2D eigenvalue weighted by Crippen LogP contribution is 2.49. The van der Waals surface area contributed by atoms with E-state index in [4.69, 9.17) is 22.2 Å². The molecule has 0 radical (unpaired) electrons. The summed E-state index contributed by atoms with van der Waals surface area (Å²) in [5, 5.41) is 0. The van der Waals surface area contributed by atoms with Crippen molar-refractivity contribution in [3.8, 4) is 0 Å². The molecule has 0 bridgehead atoms. The molecule has 0 saturated carbocycles. The first-order chi connectivity index (χ1) is 7.42. The molecule has 0 amide bonds. The SMILES string of the molecule is FC(F)(F)C(F)(CCCC[SiH](Cl)Cl)C(F)(F)F. The summed E-state index contributed by atoms with van der Waals surface area (Å²) in [4.78, 5) is 0. The molecule has 0 unspecified atom stereocenters. The Hall–Kier alpha value is 0.307. The Morgan fingerprint density at radius 1 is 0.765 bits per heavy atom. The van der Waals surface area contributed by atoms with Gasteiger partial charge in [0, 0.05) is 0 Å². The maximum atomic E-state index is 13.0. The molecule has 0 spiro atoms. The lowest BCUT2D eigenvalue weighted by molar-refractivity contribution is -0.343. The van der Waals surface area contributed by atoms with Crippen LogP contribution in [0.2, 0.25) is 6.04 Å². The summed E-state index contributed by atoms with van der Waals surface area (Å²) >= 11 is 10.7. The summed E-state index contributed by atoms with van der Waals surface area (Å²) in [7, 11) is -2.08. The standard InChI is InChI=1S/C7H9Cl2F7Si/c8-17(9)4-2-1-3-5(10,6(11,12)13)7(14,15)16/h17H,1-4H2. The molecule has 0 atom stereocenters. The fourth-order valence-electron chi connectivity index (χ4n) is 1.11. The molecule has 104 valence electrons. The van der Waals surface area contributed by atoms with Crippen LogP contribution in [-0.2, 0) is 0 Å². The molecule has 0 aliphatic carbocycles. The Bertz CT molecular complexity index is 223. The van der Waals surface area contributed by atoms with Crippen LogP contribution in [0.4, 0.5) is 30.7 Å². The van der Waals surface area contributed by atoms with Crippen molar-refractivity contribution in [2.75, 3.05) is 0 Å². The molecule has 0 aliphatic rings. The van der Waals surface area contributed by atoms with Gasteiger partial charge in [0.15, 0.2) is 0 Å². The molecular formula is C7H9Cl2F7Si. The van der Waals surface area contributed by atoms with Crippen molar-refractivity contribution >= 4 is 29.6 Å². The zero-order valence-corrected chi connectivity index (χ0v) is 11.0. The van der Waals surface area contributed by atoms with Crippen LogP contribution in [0.15, 0.2) is 0 Å². The number of rotatable bonds is 5. The Morgan fingerprint density at radius 3 is 1.47 bits per heavy atom. The van der Waals surface area contributed by atoms with Crippen LogP contribution in [0, 0.1) is 0 Å². The van der Waals surface area contributed by atoms with Crippen LogP contribution >= 0.6 is 22.2 Å². The fourth-order valence-corrected chi connectivity index (χ4v) is 2.63. The minimum absolute atomic E-state index is 0.0539. The highest BCUT2D eigenvalue weighted by Gasteiger charge is 2.71. The topological polar surface area (TPSA) is 0 Å². The fraction of sp³-hybridized carbons (Fsp3) is 1.00. The third-order valence-corrected chi connectivity index (χ3v) is 4.25. The molecule has 0 fully saturated rings. The number of alkyl halides is 7. The van der Waals surface area contributed by atoms with Crippen molar-refractivity contribution in [1.29, 1.82) is 0 Å². The van der Waals surface area contributed by atoms with Crippen LogP contribution in [-0.4, -0.2) is 25.4 Å². The van der Waals surface area contributed by atoms with Crippen molar-refractivity contribution < 1.29 is 30.7 Å². The van der Waals surface area contributed by atoms with Gasteiger partial charge in [-0.1, -0.05) is 6.42 Å². The van der Waals surface area contributed by atoms with E-state index in [2.05, 4.69) is 0 Å². The molecule has 0 aromatic carbocycles. The van der Waals surface area contributed by atoms with Gasteiger partial charge in [-0.05, 0) is 18.9 Å². The van der Waals surface area contributed by atoms with Crippen LogP contribution < -0.4 is 0 Å². The first kappa shape index (κ1) is 17.3. The van der Waals surface area contributed by atoms with Crippen molar-refractivity contribution in [2.45, 2.75) is 43.3 Å². The third-order valence-electron chi connectivity index (χ3n) is 2.09. The number of unbranched alkanes of at least 4 members (excludes halogenated alkanes) is 1. The van der Waals surface area contributed by atoms with Gasteiger partial charge < -0.3 is 0 Å². The predicted molar refractivity (Wildman–Crippen MR) is 53.5 cm³/mol. The zero-order valence-electron chi connectivity index (χ0n) is 8.31. The highest BCUT2D eigenvalue weighted by atomic mass is 35.7. The maximum absolute atomic E-state index is 13.0. The molecule has 0 N–H and O–H groups in total. The highest BCUT2D eigenvalue weighted by molar-refractivity contribution is 7.33. The maximum Gasteiger partial charge on any atom is 0.431 e. The molecular weight excluding hydrogens is 316 g/mol. The van der Waals surface area contributed by atoms with Crippen molar-refractivity contribution in [1.82, 2.24) is 0 Å². The Kier molecular flexibility index (Phi) is 6.07. The summed E-state index contributed by atoms with van der Waals surface area (Å²) in [5.74, 6) is 0. The van der Waals surface area contributed by atoms with E-state index in [0.29, 0.717) is 0 Å². The normalized spacial score (nSPS) is 14.5. The lowest BCUT2D eigenvalue weighted by Crippen LogP contribution is -2.53. The summed E-state index contributed by atoms with van der Waals surface area (Å²) in [6.45, 7) is 0. The third kappa shape index (κ3) is 4.82. The Balaban J connectivity index is 4.54. The molecule has 0 aromatic heterocycles. The van der Waals surface area contributed by atoms with E-state index in [1.165, 1.54) is 0 Å². The van der Waals surface area contributed by atoms with Crippen LogP contribution in [0.25, 0.3) is 0 Å². The molecule has 17 heavy (non-hydrogen) atoms. The molecule has 0 rings (SSSR count).